The van der Waals surface area contributed by atoms with Crippen molar-refractivity contribution < 1.29 is 26.3 Å². The maximum absolute atomic E-state index is 13.6. The first kappa shape index (κ1) is 13.5. The first-order valence-corrected chi connectivity index (χ1v) is 4.30. The number of para-hydroxylation sites is 1. The molecule has 17 heavy (non-hydrogen) atoms. The molecule has 0 aromatic heterocycles. The zero-order valence-electron chi connectivity index (χ0n) is 8.23. The smallest absolute Gasteiger partial charge is 0.397 e. The van der Waals surface area contributed by atoms with Crippen molar-refractivity contribution in [2.24, 2.45) is 0 Å². The van der Waals surface area contributed by atoms with Gasteiger partial charge in [0.05, 0.1) is 11.4 Å². The van der Waals surface area contributed by atoms with Gasteiger partial charge in [-0.2, -0.15) is 13.2 Å². The average Bonchev–Trinajstić information content (AvgIpc) is 2.19. The third-order valence-electron chi connectivity index (χ3n) is 2.25. The molecule has 2 nitrogen and oxygen atoms in total. The Kier molecular flexibility index (Phi) is 3.17. The van der Waals surface area contributed by atoms with Crippen molar-refractivity contribution in [2.45, 2.75) is 18.3 Å². The van der Waals surface area contributed by atoms with Crippen LogP contribution in [-0.4, -0.2) is 12.6 Å². The molecule has 0 bridgehead atoms. The van der Waals surface area contributed by atoms with E-state index in [9.17, 15) is 26.3 Å². The van der Waals surface area contributed by atoms with E-state index in [1.54, 1.807) is 0 Å². The van der Waals surface area contributed by atoms with Gasteiger partial charge < -0.3 is 11.5 Å². The number of hydrogen-bond acceptors (Lipinski definition) is 2. The minimum Gasteiger partial charge on any atom is -0.397 e. The number of nitrogen functional groups attached to an aromatic ring is 2. The second-order valence-electron chi connectivity index (χ2n) is 3.32. The first-order valence-electron chi connectivity index (χ1n) is 4.30. The molecule has 0 fully saturated rings. The van der Waals surface area contributed by atoms with Crippen LogP contribution in [0, 0.1) is 0 Å². The Morgan fingerprint density at radius 2 is 1.53 bits per heavy atom. The molecule has 0 saturated heterocycles. The van der Waals surface area contributed by atoms with Gasteiger partial charge in [0.15, 0.2) is 0 Å². The summed E-state index contributed by atoms with van der Waals surface area (Å²) in [4.78, 5) is 0. The van der Waals surface area contributed by atoms with Gasteiger partial charge in [-0.25, -0.2) is 13.2 Å². The van der Waals surface area contributed by atoms with Gasteiger partial charge in [0, 0.05) is 5.56 Å². The summed E-state index contributed by atoms with van der Waals surface area (Å²) in [6.07, 6.45) is -10.1. The van der Waals surface area contributed by atoms with E-state index in [4.69, 9.17) is 11.5 Å². The van der Waals surface area contributed by atoms with Crippen molar-refractivity contribution in [1.29, 1.82) is 0 Å². The summed E-state index contributed by atoms with van der Waals surface area (Å²) in [5.41, 5.74) is 2.83. The van der Waals surface area contributed by atoms with Crippen molar-refractivity contribution in [3.8, 4) is 0 Å². The standard InChI is InChI=1S/C9H8F6N2/c10-7(11)8(12,9(13,14)15)4-2-1-3-5(16)6(4)17/h1-3,7H,16-17H2. The van der Waals surface area contributed by atoms with Crippen LogP contribution in [0.25, 0.3) is 0 Å². The lowest BCUT2D eigenvalue weighted by molar-refractivity contribution is -0.274. The van der Waals surface area contributed by atoms with Crippen molar-refractivity contribution in [1.82, 2.24) is 0 Å². The molecule has 1 atom stereocenters. The molecule has 0 aliphatic heterocycles. The summed E-state index contributed by atoms with van der Waals surface area (Å²) in [7, 11) is 0. The Bertz CT molecular complexity index is 416. The van der Waals surface area contributed by atoms with Gasteiger partial charge in [0.2, 0.25) is 0 Å². The maximum atomic E-state index is 13.6. The van der Waals surface area contributed by atoms with E-state index in [1.165, 1.54) is 0 Å². The molecular weight excluding hydrogens is 250 g/mol. The topological polar surface area (TPSA) is 52.0 Å². The van der Waals surface area contributed by atoms with Crippen LogP contribution in [0.2, 0.25) is 0 Å². The molecule has 4 N–H and O–H groups in total. The van der Waals surface area contributed by atoms with E-state index in [0.717, 1.165) is 12.1 Å². The fourth-order valence-electron chi connectivity index (χ4n) is 1.29. The highest BCUT2D eigenvalue weighted by atomic mass is 19.4. The molecule has 1 aromatic rings. The molecule has 0 radical (unpaired) electrons. The lowest BCUT2D eigenvalue weighted by Gasteiger charge is -2.28. The average molecular weight is 258 g/mol. The summed E-state index contributed by atoms with van der Waals surface area (Å²) < 4.78 is 75.6. The van der Waals surface area contributed by atoms with E-state index in [0.29, 0.717) is 6.07 Å². The van der Waals surface area contributed by atoms with Crippen LogP contribution in [0.4, 0.5) is 37.7 Å². The molecule has 0 heterocycles. The van der Waals surface area contributed by atoms with Gasteiger partial charge in [0.25, 0.3) is 12.1 Å². The summed E-state index contributed by atoms with van der Waals surface area (Å²) in [6, 6.07) is 2.54. The van der Waals surface area contributed by atoms with Gasteiger partial charge >= 0.3 is 6.18 Å². The highest BCUT2D eigenvalue weighted by Crippen LogP contribution is 2.49. The van der Waals surface area contributed by atoms with Gasteiger partial charge in [-0.15, -0.1) is 0 Å². The monoisotopic (exact) mass is 258 g/mol. The molecule has 1 rings (SSSR count). The highest BCUT2D eigenvalue weighted by molar-refractivity contribution is 5.69. The van der Waals surface area contributed by atoms with Crippen molar-refractivity contribution in [3.63, 3.8) is 0 Å². The molecule has 0 saturated carbocycles. The van der Waals surface area contributed by atoms with Crippen LogP contribution >= 0.6 is 0 Å². The third kappa shape index (κ3) is 1.98. The summed E-state index contributed by atoms with van der Waals surface area (Å²) in [5.74, 6) is 0. The van der Waals surface area contributed by atoms with Crippen LogP contribution in [0.3, 0.4) is 0 Å². The van der Waals surface area contributed by atoms with Crippen molar-refractivity contribution >= 4 is 11.4 Å². The molecule has 8 heteroatoms. The van der Waals surface area contributed by atoms with Gasteiger partial charge in [-0.3, -0.25) is 0 Å². The molecule has 0 aliphatic carbocycles. The second kappa shape index (κ2) is 4.01. The molecule has 96 valence electrons. The van der Waals surface area contributed by atoms with Crippen LogP contribution in [-0.2, 0) is 5.67 Å². The Labute approximate surface area is 92.2 Å². The van der Waals surface area contributed by atoms with Gasteiger partial charge in [-0.1, -0.05) is 12.1 Å². The Morgan fingerprint density at radius 1 is 1.00 bits per heavy atom. The largest absolute Gasteiger partial charge is 0.432 e. The van der Waals surface area contributed by atoms with E-state index in [2.05, 4.69) is 0 Å². The number of nitrogens with two attached hydrogens (primary N) is 2. The molecule has 0 spiro atoms. The maximum Gasteiger partial charge on any atom is 0.432 e. The summed E-state index contributed by atoms with van der Waals surface area (Å²) >= 11 is 0. The number of halogens is 6. The van der Waals surface area contributed by atoms with E-state index in [1.807, 2.05) is 0 Å². The number of benzene rings is 1. The summed E-state index contributed by atoms with van der Waals surface area (Å²) in [5, 5.41) is 0. The van der Waals surface area contributed by atoms with Crippen molar-refractivity contribution in [2.75, 3.05) is 11.5 Å². The predicted molar refractivity (Wildman–Crippen MR) is 50.1 cm³/mol. The highest BCUT2D eigenvalue weighted by Gasteiger charge is 2.64. The normalized spacial score (nSPS) is 15.9. The molecular formula is C9H8F6N2. The Hall–Kier alpha value is -1.60. The predicted octanol–water partition coefficient (Wildman–Crippen LogP) is 2.84. The SMILES string of the molecule is Nc1cccc(C(F)(C(F)F)C(F)(F)F)c1N. The number of hydrogen-bond donors (Lipinski definition) is 2. The lowest BCUT2D eigenvalue weighted by atomic mass is 9.93. The van der Waals surface area contributed by atoms with Gasteiger partial charge in [0.1, 0.15) is 0 Å². The zero-order chi connectivity index (χ0) is 13.4. The molecule has 1 aromatic carbocycles. The fraction of sp³-hybridized carbons (Fsp3) is 0.333. The minimum atomic E-state index is -5.79. The third-order valence-corrected chi connectivity index (χ3v) is 2.25. The van der Waals surface area contributed by atoms with Crippen LogP contribution in [0.1, 0.15) is 5.56 Å². The number of alkyl halides is 6. The quantitative estimate of drug-likeness (QED) is 0.633. The Morgan fingerprint density at radius 3 is 1.94 bits per heavy atom. The van der Waals surface area contributed by atoms with Crippen LogP contribution < -0.4 is 11.5 Å². The molecule has 0 amide bonds. The lowest BCUT2D eigenvalue weighted by Crippen LogP contribution is -2.45. The van der Waals surface area contributed by atoms with E-state index >= 15 is 0 Å². The first-order chi connectivity index (χ1) is 7.62. The molecule has 1 unspecified atom stereocenters. The number of rotatable bonds is 2. The Balaban J connectivity index is 3.50. The second-order valence-corrected chi connectivity index (χ2v) is 3.32. The van der Waals surface area contributed by atoms with Crippen molar-refractivity contribution in [3.05, 3.63) is 23.8 Å². The van der Waals surface area contributed by atoms with Gasteiger partial charge in [-0.05, 0) is 6.07 Å². The number of anilines is 2. The minimum absolute atomic E-state index is 0.394. The zero-order valence-corrected chi connectivity index (χ0v) is 8.23. The molecule has 0 aliphatic rings. The summed E-state index contributed by atoms with van der Waals surface area (Å²) in [6.45, 7) is 0. The fourth-order valence-corrected chi connectivity index (χ4v) is 1.29. The van der Waals surface area contributed by atoms with E-state index in [-0.39, 0.29) is 0 Å². The van der Waals surface area contributed by atoms with Crippen LogP contribution in [0.5, 0.6) is 0 Å². The van der Waals surface area contributed by atoms with Crippen LogP contribution in [0.15, 0.2) is 18.2 Å². The van der Waals surface area contributed by atoms with E-state index < -0.39 is 35.2 Å².